The van der Waals surface area contributed by atoms with Crippen LogP contribution in [0, 0.1) is 0 Å². The molecule has 2 rings (SSSR count). The molecular formula is C15H30N2O. The van der Waals surface area contributed by atoms with E-state index in [1.807, 2.05) is 0 Å². The molecule has 0 aromatic rings. The first-order chi connectivity index (χ1) is 8.79. The van der Waals surface area contributed by atoms with E-state index in [2.05, 4.69) is 11.8 Å². The van der Waals surface area contributed by atoms with Crippen LogP contribution in [0.2, 0.25) is 0 Å². The zero-order valence-electron chi connectivity index (χ0n) is 12.0. The van der Waals surface area contributed by atoms with Gasteiger partial charge in [-0.2, -0.15) is 0 Å². The molecule has 1 saturated carbocycles. The van der Waals surface area contributed by atoms with Crippen molar-refractivity contribution in [3.05, 3.63) is 0 Å². The summed E-state index contributed by atoms with van der Waals surface area (Å²) in [5.74, 6) is 0. The summed E-state index contributed by atoms with van der Waals surface area (Å²) in [4.78, 5) is 2.68. The first kappa shape index (κ1) is 14.3. The van der Waals surface area contributed by atoms with E-state index in [1.54, 1.807) is 0 Å². The van der Waals surface area contributed by atoms with Crippen LogP contribution in [-0.2, 0) is 4.74 Å². The highest BCUT2D eigenvalue weighted by Crippen LogP contribution is 2.41. The highest BCUT2D eigenvalue weighted by molar-refractivity contribution is 4.94. The predicted octanol–water partition coefficient (Wildman–Crippen LogP) is 2.54. The molecular weight excluding hydrogens is 224 g/mol. The second-order valence-electron chi connectivity index (χ2n) is 6.06. The van der Waals surface area contributed by atoms with E-state index in [4.69, 9.17) is 10.5 Å². The maximum absolute atomic E-state index is 6.14. The van der Waals surface area contributed by atoms with E-state index in [0.717, 1.165) is 25.6 Å². The van der Waals surface area contributed by atoms with E-state index < -0.39 is 0 Å². The summed E-state index contributed by atoms with van der Waals surface area (Å²) in [6, 6.07) is 0.739. The normalized spacial score (nSPS) is 27.2. The van der Waals surface area contributed by atoms with Crippen molar-refractivity contribution in [1.82, 2.24) is 4.90 Å². The largest absolute Gasteiger partial charge is 0.375 e. The Morgan fingerprint density at radius 3 is 2.72 bits per heavy atom. The lowest BCUT2D eigenvalue weighted by Crippen LogP contribution is -2.48. The second-order valence-corrected chi connectivity index (χ2v) is 6.06. The van der Waals surface area contributed by atoms with Crippen molar-refractivity contribution in [1.29, 1.82) is 0 Å². The molecule has 2 N–H and O–H groups in total. The van der Waals surface area contributed by atoms with E-state index >= 15 is 0 Å². The summed E-state index contributed by atoms with van der Waals surface area (Å²) in [6.07, 6.45) is 10.2. The van der Waals surface area contributed by atoms with Gasteiger partial charge in [0.15, 0.2) is 0 Å². The molecule has 3 nitrogen and oxygen atoms in total. The van der Waals surface area contributed by atoms with Crippen molar-refractivity contribution in [2.45, 2.75) is 69.9 Å². The average molecular weight is 254 g/mol. The van der Waals surface area contributed by atoms with Crippen LogP contribution >= 0.6 is 0 Å². The minimum Gasteiger partial charge on any atom is -0.375 e. The van der Waals surface area contributed by atoms with Gasteiger partial charge in [0.1, 0.15) is 0 Å². The summed E-state index contributed by atoms with van der Waals surface area (Å²) in [7, 11) is 0. The lowest BCUT2D eigenvalue weighted by molar-refractivity contribution is -0.102. The number of nitrogens with two attached hydrogens (primary N) is 1. The lowest BCUT2D eigenvalue weighted by atomic mass is 9.88. The number of hydrogen-bond acceptors (Lipinski definition) is 3. The van der Waals surface area contributed by atoms with Crippen LogP contribution in [-0.4, -0.2) is 42.8 Å². The fraction of sp³-hybridized carbons (Fsp3) is 1.00. The highest BCUT2D eigenvalue weighted by Gasteiger charge is 2.41. The molecule has 1 aliphatic heterocycles. The second kappa shape index (κ2) is 6.88. The Labute approximate surface area is 112 Å². The van der Waals surface area contributed by atoms with Crippen LogP contribution in [0.1, 0.15) is 58.3 Å². The van der Waals surface area contributed by atoms with Crippen molar-refractivity contribution < 1.29 is 4.74 Å². The molecule has 0 aromatic heterocycles. The van der Waals surface area contributed by atoms with Gasteiger partial charge < -0.3 is 15.4 Å². The molecule has 0 amide bonds. The van der Waals surface area contributed by atoms with Crippen LogP contribution in [0.3, 0.4) is 0 Å². The zero-order valence-corrected chi connectivity index (χ0v) is 12.0. The summed E-state index contributed by atoms with van der Waals surface area (Å²) < 4.78 is 6.14. The van der Waals surface area contributed by atoms with Crippen molar-refractivity contribution in [3.8, 4) is 0 Å². The predicted molar refractivity (Wildman–Crippen MR) is 75.7 cm³/mol. The van der Waals surface area contributed by atoms with Gasteiger partial charge in [0, 0.05) is 12.6 Å². The molecule has 3 heteroatoms. The third kappa shape index (κ3) is 3.46. The van der Waals surface area contributed by atoms with Crippen LogP contribution in [0.25, 0.3) is 0 Å². The van der Waals surface area contributed by atoms with E-state index in [1.165, 1.54) is 58.0 Å². The third-order valence-corrected chi connectivity index (χ3v) is 4.66. The first-order valence-corrected chi connectivity index (χ1v) is 7.88. The Kier molecular flexibility index (Phi) is 5.46. The average Bonchev–Trinajstić information content (AvgIpc) is 2.82. The Morgan fingerprint density at radius 2 is 2.06 bits per heavy atom. The topological polar surface area (TPSA) is 38.5 Å². The molecule has 1 spiro atoms. The van der Waals surface area contributed by atoms with Crippen molar-refractivity contribution >= 4 is 0 Å². The third-order valence-electron chi connectivity index (χ3n) is 4.66. The Bertz CT molecular complexity index is 239. The molecule has 106 valence electrons. The molecule has 1 unspecified atom stereocenters. The molecule has 2 aliphatic rings. The van der Waals surface area contributed by atoms with Crippen molar-refractivity contribution in [2.24, 2.45) is 5.73 Å². The molecule has 2 fully saturated rings. The Balaban J connectivity index is 1.91. The number of hydrogen-bond donors (Lipinski definition) is 1. The number of nitrogens with zero attached hydrogens (tertiary/aromatic N) is 1. The van der Waals surface area contributed by atoms with Crippen LogP contribution in [0.4, 0.5) is 0 Å². The lowest BCUT2D eigenvalue weighted by Gasteiger charge is -2.43. The molecule has 1 heterocycles. The molecule has 0 radical (unpaired) electrons. The number of ether oxygens (including phenoxy) is 1. The molecule has 1 atom stereocenters. The SMILES string of the molecule is CCCN(CCCN)C1CCOC2(CCCC2)C1. The molecule has 1 aliphatic carbocycles. The van der Waals surface area contributed by atoms with Gasteiger partial charge in [0.2, 0.25) is 0 Å². The van der Waals surface area contributed by atoms with Crippen molar-refractivity contribution in [2.75, 3.05) is 26.2 Å². The van der Waals surface area contributed by atoms with Gasteiger partial charge in [-0.1, -0.05) is 19.8 Å². The Hall–Kier alpha value is -0.120. The van der Waals surface area contributed by atoms with Gasteiger partial charge in [-0.15, -0.1) is 0 Å². The zero-order chi connectivity index (χ0) is 12.8. The maximum atomic E-state index is 6.14. The molecule has 18 heavy (non-hydrogen) atoms. The minimum atomic E-state index is 0.248. The quantitative estimate of drug-likeness (QED) is 0.791. The standard InChI is InChI=1S/C15H30N2O/c1-2-10-17(11-5-9-16)14-6-12-18-15(13-14)7-3-4-8-15/h14H,2-13,16H2,1H3. The van der Waals surface area contributed by atoms with Crippen LogP contribution in [0.5, 0.6) is 0 Å². The summed E-state index contributed by atoms with van der Waals surface area (Å²) in [6.45, 7) is 6.45. The van der Waals surface area contributed by atoms with Gasteiger partial charge in [0.25, 0.3) is 0 Å². The summed E-state index contributed by atoms with van der Waals surface area (Å²) in [5.41, 5.74) is 5.91. The monoisotopic (exact) mass is 254 g/mol. The van der Waals surface area contributed by atoms with E-state index in [9.17, 15) is 0 Å². The van der Waals surface area contributed by atoms with Gasteiger partial charge >= 0.3 is 0 Å². The molecule has 1 saturated heterocycles. The van der Waals surface area contributed by atoms with Gasteiger partial charge in [0.05, 0.1) is 5.60 Å². The first-order valence-electron chi connectivity index (χ1n) is 7.88. The maximum Gasteiger partial charge on any atom is 0.0697 e. The smallest absolute Gasteiger partial charge is 0.0697 e. The van der Waals surface area contributed by atoms with Gasteiger partial charge in [-0.25, -0.2) is 0 Å². The molecule has 0 bridgehead atoms. The van der Waals surface area contributed by atoms with Crippen molar-refractivity contribution in [3.63, 3.8) is 0 Å². The molecule has 0 aromatic carbocycles. The fourth-order valence-corrected chi connectivity index (χ4v) is 3.74. The highest BCUT2D eigenvalue weighted by atomic mass is 16.5. The van der Waals surface area contributed by atoms with Gasteiger partial charge in [-0.05, 0) is 58.2 Å². The van der Waals surface area contributed by atoms with Crippen LogP contribution in [0.15, 0.2) is 0 Å². The van der Waals surface area contributed by atoms with Gasteiger partial charge in [-0.3, -0.25) is 0 Å². The Morgan fingerprint density at radius 1 is 1.28 bits per heavy atom. The van der Waals surface area contributed by atoms with E-state index in [-0.39, 0.29) is 5.60 Å². The number of rotatable bonds is 6. The van der Waals surface area contributed by atoms with E-state index in [0.29, 0.717) is 0 Å². The fourth-order valence-electron chi connectivity index (χ4n) is 3.74. The summed E-state index contributed by atoms with van der Waals surface area (Å²) in [5, 5.41) is 0. The minimum absolute atomic E-state index is 0.248. The summed E-state index contributed by atoms with van der Waals surface area (Å²) >= 11 is 0. The van der Waals surface area contributed by atoms with Crippen LogP contribution < -0.4 is 5.73 Å².